The van der Waals surface area contributed by atoms with E-state index in [-0.39, 0.29) is 0 Å². The molecule has 0 fully saturated rings. The highest BCUT2D eigenvalue weighted by molar-refractivity contribution is 14.1. The molecule has 0 bridgehead atoms. The van der Waals surface area contributed by atoms with Crippen LogP contribution in [0.4, 0.5) is 0 Å². The van der Waals surface area contributed by atoms with Crippen molar-refractivity contribution in [1.82, 2.24) is 0 Å². The molecule has 9 heteroatoms. The Balaban J connectivity index is 0.000000228. The Hall–Kier alpha value is -9.05. The first kappa shape index (κ1) is 67.5. The van der Waals surface area contributed by atoms with Crippen molar-refractivity contribution >= 4 is 86.3 Å². The van der Waals surface area contributed by atoms with Gasteiger partial charge in [-0.3, -0.25) is 0 Å². The maximum atomic E-state index is 8.84. The van der Waals surface area contributed by atoms with Gasteiger partial charge in [0, 0.05) is 38.2 Å². The second-order valence-corrected chi connectivity index (χ2v) is 22.1. The second kappa shape index (κ2) is 40.2. The van der Waals surface area contributed by atoms with E-state index in [2.05, 4.69) is 212 Å². The van der Waals surface area contributed by atoms with Crippen LogP contribution < -0.4 is 0 Å². The average molecular weight is 1450 g/mol. The Kier molecular flexibility index (Phi) is 32.3. The Labute approximate surface area is 543 Å². The predicted octanol–water partition coefficient (Wildman–Crippen LogP) is 19.2. The van der Waals surface area contributed by atoms with E-state index in [0.717, 1.165) is 58.5 Å². The third-order valence-corrected chi connectivity index (χ3v) is 13.8. The van der Waals surface area contributed by atoms with Crippen LogP contribution in [0.1, 0.15) is 80.5 Å². The minimum Gasteiger partial charge on any atom is -0.192 e. The van der Waals surface area contributed by atoms with Gasteiger partial charge in [-0.1, -0.05) is 190 Å². The average Bonchev–Trinajstić information content (AvgIpc) is 3.69. The molecule has 404 valence electrons. The zero-order valence-electron chi connectivity index (χ0n) is 45.2. The number of hydrogen-bond acceptors (Lipinski definition) is 4. The molecule has 0 aliphatic carbocycles. The molecule has 0 saturated carbocycles. The minimum atomic E-state index is 0.444. The van der Waals surface area contributed by atoms with Crippen LogP contribution in [0.3, 0.4) is 0 Å². The van der Waals surface area contributed by atoms with E-state index in [1.165, 1.54) is 25.8 Å². The second-order valence-electron chi connectivity index (χ2n) is 17.2. The molecule has 0 unspecified atom stereocenters. The van der Waals surface area contributed by atoms with Crippen molar-refractivity contribution in [3.8, 4) is 108 Å². The summed E-state index contributed by atoms with van der Waals surface area (Å²) < 4.78 is 5.61. The Morgan fingerprint density at radius 3 is 0.810 bits per heavy atom. The van der Waals surface area contributed by atoms with Gasteiger partial charge in [0.25, 0.3) is 0 Å². The lowest BCUT2D eigenvalue weighted by atomic mass is 9.99. The monoisotopic (exact) mass is 1450 g/mol. The van der Waals surface area contributed by atoms with Gasteiger partial charge in [0.1, 0.15) is 0 Å². The van der Waals surface area contributed by atoms with Crippen molar-refractivity contribution in [3.05, 3.63) is 301 Å². The van der Waals surface area contributed by atoms with Crippen LogP contribution in [0.2, 0.25) is 0 Å². The standard InChI is InChI=1S/C21H14N2.C18H10BrN.C14H10BrN.C11H7Br.C6H4BrI.C5H4/c22-14-18-3-1-16(2-4-18)13-17-5-9-20(10-6-17)21-11-7-19(15-23)8-12-21;19-18-12-10-16(11-13-18)5-3-1-2-4-15-6-8-17(14-20)9-7-15;15-14-7-5-12(6-8-14)9-11-1-3-13(10-16)4-2-11;1-2-3-4-5-10-6-8-11(12)9-7-10;7-5-1-3-6(8)4-2-5;1-3-5-4-2/h1-12H,13H2;6-13H,1H2;1-8H,9H2;1,6-9H,3H2;1-4H;1-2H,5H2. The fourth-order valence-electron chi connectivity index (χ4n) is 6.74. The first-order valence-corrected chi connectivity index (χ1v) is 29.6. The Morgan fingerprint density at radius 2 is 0.512 bits per heavy atom. The minimum absolute atomic E-state index is 0.444. The Bertz CT molecular complexity index is 3970. The smallest absolute Gasteiger partial charge is 0.0991 e. The van der Waals surface area contributed by atoms with Crippen LogP contribution in [-0.4, -0.2) is 0 Å². The summed E-state index contributed by atoms with van der Waals surface area (Å²) in [5, 5.41) is 35.0. The van der Waals surface area contributed by atoms with Crippen molar-refractivity contribution in [1.29, 1.82) is 21.0 Å². The molecule has 0 amide bonds. The van der Waals surface area contributed by atoms with Crippen molar-refractivity contribution in [2.75, 3.05) is 0 Å². The van der Waals surface area contributed by atoms with Crippen LogP contribution in [0.15, 0.2) is 236 Å². The highest BCUT2D eigenvalue weighted by Gasteiger charge is 2.02. The highest BCUT2D eigenvalue weighted by atomic mass is 127. The summed E-state index contributed by atoms with van der Waals surface area (Å²) in [4.78, 5) is 0. The number of benzene rings is 9. The van der Waals surface area contributed by atoms with Crippen molar-refractivity contribution < 1.29 is 0 Å². The number of rotatable bonds is 5. The molecule has 84 heavy (non-hydrogen) atoms. The number of nitrogens with zero attached hydrogens (tertiary/aromatic N) is 4. The zero-order valence-corrected chi connectivity index (χ0v) is 53.7. The molecule has 0 aliphatic heterocycles. The van der Waals surface area contributed by atoms with Crippen molar-refractivity contribution in [2.45, 2.75) is 32.1 Å². The molecule has 0 atom stereocenters. The zero-order chi connectivity index (χ0) is 60.6. The van der Waals surface area contributed by atoms with Gasteiger partial charge in [0.05, 0.1) is 65.8 Å². The van der Waals surface area contributed by atoms with Crippen LogP contribution in [-0.2, 0) is 12.8 Å². The third kappa shape index (κ3) is 28.1. The van der Waals surface area contributed by atoms with Gasteiger partial charge in [-0.25, -0.2) is 0 Å². The lowest BCUT2D eigenvalue weighted by molar-refractivity contribution is 1.19. The fraction of sp³-hybridized carbons (Fsp3) is 0.0667. The van der Waals surface area contributed by atoms with E-state index in [1.807, 2.05) is 158 Å². The summed E-state index contributed by atoms with van der Waals surface area (Å²) in [5.74, 6) is 25.0. The molecule has 0 spiro atoms. The number of terminal acetylenes is 3. The topological polar surface area (TPSA) is 95.2 Å². The quantitative estimate of drug-likeness (QED) is 0.127. The first-order chi connectivity index (χ1) is 40.9. The molecule has 0 aromatic heterocycles. The number of halogens is 5. The largest absolute Gasteiger partial charge is 0.192 e. The van der Waals surface area contributed by atoms with Gasteiger partial charge < -0.3 is 0 Å². The van der Waals surface area contributed by atoms with Gasteiger partial charge >= 0.3 is 0 Å². The van der Waals surface area contributed by atoms with Gasteiger partial charge in [0.2, 0.25) is 0 Å². The van der Waals surface area contributed by atoms with Crippen LogP contribution in [0, 0.1) is 121 Å². The molecule has 4 nitrogen and oxygen atoms in total. The highest BCUT2D eigenvalue weighted by Crippen LogP contribution is 2.22. The summed E-state index contributed by atoms with van der Waals surface area (Å²) in [7, 11) is 0. The van der Waals surface area contributed by atoms with Gasteiger partial charge in [-0.05, 0) is 214 Å². The molecule has 9 aromatic carbocycles. The molecule has 9 rings (SSSR count). The van der Waals surface area contributed by atoms with E-state index >= 15 is 0 Å². The summed E-state index contributed by atoms with van der Waals surface area (Å²) >= 11 is 15.8. The van der Waals surface area contributed by atoms with Crippen LogP contribution in [0.5, 0.6) is 0 Å². The molecular weight excluding hydrogens is 1400 g/mol. The lowest BCUT2D eigenvalue weighted by Gasteiger charge is -2.05. The third-order valence-electron chi connectivity index (χ3n) is 11.0. The molecule has 9 aromatic rings. The molecule has 0 heterocycles. The Morgan fingerprint density at radius 1 is 0.286 bits per heavy atom. The summed E-state index contributed by atoms with van der Waals surface area (Å²) in [6.07, 6.45) is 17.8. The molecule has 0 aliphatic rings. The number of nitriles is 4. The van der Waals surface area contributed by atoms with Crippen LogP contribution in [0.25, 0.3) is 11.1 Å². The van der Waals surface area contributed by atoms with E-state index < -0.39 is 0 Å². The summed E-state index contributed by atoms with van der Waals surface area (Å²) in [6, 6.07) is 79.2. The summed E-state index contributed by atoms with van der Waals surface area (Å²) in [5.41, 5.74) is 12.7. The van der Waals surface area contributed by atoms with Crippen LogP contribution >= 0.6 is 86.3 Å². The molecule has 0 saturated heterocycles. The lowest BCUT2D eigenvalue weighted by Crippen LogP contribution is -1.89. The fourth-order valence-corrected chi connectivity index (χ4v) is 8.15. The predicted molar refractivity (Wildman–Crippen MR) is 366 cm³/mol. The van der Waals surface area contributed by atoms with Crippen molar-refractivity contribution in [2.24, 2.45) is 0 Å². The maximum Gasteiger partial charge on any atom is 0.0991 e. The van der Waals surface area contributed by atoms with E-state index in [0.29, 0.717) is 41.5 Å². The van der Waals surface area contributed by atoms with Gasteiger partial charge in [-0.2, -0.15) is 21.0 Å². The summed E-state index contributed by atoms with van der Waals surface area (Å²) in [6.45, 7) is 0. The van der Waals surface area contributed by atoms with Gasteiger partial charge in [-0.15, -0.1) is 19.3 Å². The van der Waals surface area contributed by atoms with E-state index in [9.17, 15) is 0 Å². The normalized spacial score (nSPS) is 8.88. The first-order valence-electron chi connectivity index (χ1n) is 25.4. The number of hydrogen-bond donors (Lipinski definition) is 0. The van der Waals surface area contributed by atoms with E-state index in [4.69, 9.17) is 40.3 Å². The molecule has 0 radical (unpaired) electrons. The molecule has 0 N–H and O–H groups in total. The van der Waals surface area contributed by atoms with Gasteiger partial charge in [0.15, 0.2) is 0 Å². The maximum absolute atomic E-state index is 8.84. The molecular formula is C75H49Br4IN4. The van der Waals surface area contributed by atoms with Crippen molar-refractivity contribution in [3.63, 3.8) is 0 Å². The van der Waals surface area contributed by atoms with E-state index in [1.54, 1.807) is 12.1 Å². The SMILES string of the molecule is Brc1ccc(I)cc1.C#CCC#C.C#CCC#Cc1ccc(Br)cc1.N#Cc1ccc(C#CCC#Cc2ccc(Br)cc2)cc1.N#Cc1ccc(Cc2ccc(-c3ccc(C#N)cc3)cc2)cc1.N#Cc1ccc(Cc2ccc(Br)cc2)cc1.